The summed E-state index contributed by atoms with van der Waals surface area (Å²) in [6, 6.07) is 8.70. The van der Waals surface area contributed by atoms with E-state index < -0.39 is 0 Å². The minimum atomic E-state index is 0.00333. The molecule has 1 atom stereocenters. The van der Waals surface area contributed by atoms with E-state index >= 15 is 0 Å². The lowest BCUT2D eigenvalue weighted by Crippen LogP contribution is -2.39. The van der Waals surface area contributed by atoms with E-state index in [1.165, 1.54) is 18.4 Å². The van der Waals surface area contributed by atoms with Crippen LogP contribution in [0.5, 0.6) is 0 Å². The van der Waals surface area contributed by atoms with Gasteiger partial charge in [-0.05, 0) is 49.8 Å². The average molecular weight is 274 g/mol. The molecule has 1 aliphatic carbocycles. The second-order valence-electron chi connectivity index (χ2n) is 5.77. The van der Waals surface area contributed by atoms with Crippen LogP contribution in [0.3, 0.4) is 0 Å². The van der Waals surface area contributed by atoms with Crippen LogP contribution in [0.15, 0.2) is 24.3 Å². The normalized spacial score (nSPS) is 22.6. The number of aliphatic hydroxyl groups excluding tert-OH is 1. The van der Waals surface area contributed by atoms with Gasteiger partial charge in [-0.2, -0.15) is 0 Å². The number of carbonyl (C=O) groups is 1. The summed E-state index contributed by atoms with van der Waals surface area (Å²) in [6.45, 7) is 1.01. The fourth-order valence-electron chi connectivity index (χ4n) is 2.79. The summed E-state index contributed by atoms with van der Waals surface area (Å²) in [5.74, 6) is 0.205. The lowest BCUT2D eigenvalue weighted by Gasteiger charge is -2.18. The van der Waals surface area contributed by atoms with E-state index in [-0.39, 0.29) is 18.6 Å². The van der Waals surface area contributed by atoms with Gasteiger partial charge in [0.15, 0.2) is 0 Å². The summed E-state index contributed by atoms with van der Waals surface area (Å²) >= 11 is 0. The zero-order valence-corrected chi connectivity index (χ0v) is 11.7. The van der Waals surface area contributed by atoms with Gasteiger partial charge in [-0.1, -0.05) is 12.1 Å². The first kappa shape index (κ1) is 13.6. The van der Waals surface area contributed by atoms with E-state index in [0.717, 1.165) is 31.5 Å². The van der Waals surface area contributed by atoms with Gasteiger partial charge in [0.05, 0.1) is 6.04 Å². The zero-order valence-electron chi connectivity index (χ0n) is 11.7. The first-order chi connectivity index (χ1) is 9.78. The Balaban J connectivity index is 1.67. The molecule has 2 N–H and O–H groups in total. The number of rotatable bonds is 6. The van der Waals surface area contributed by atoms with Gasteiger partial charge in [-0.25, -0.2) is 0 Å². The Morgan fingerprint density at radius 2 is 2.15 bits per heavy atom. The second kappa shape index (κ2) is 5.94. The van der Waals surface area contributed by atoms with Crippen molar-refractivity contribution in [3.63, 3.8) is 0 Å². The van der Waals surface area contributed by atoms with Crippen molar-refractivity contribution < 1.29 is 9.90 Å². The van der Waals surface area contributed by atoms with E-state index in [0.29, 0.717) is 6.04 Å². The van der Waals surface area contributed by atoms with Crippen LogP contribution < -0.4 is 10.2 Å². The van der Waals surface area contributed by atoms with Crippen LogP contribution in [-0.4, -0.2) is 36.2 Å². The second-order valence-corrected chi connectivity index (χ2v) is 5.77. The van der Waals surface area contributed by atoms with Crippen LogP contribution in [-0.2, 0) is 11.2 Å². The molecule has 0 bridgehead atoms. The number of aryl methyl sites for hydroxylation is 1. The predicted octanol–water partition coefficient (Wildman–Crippen LogP) is 1.47. The van der Waals surface area contributed by atoms with Crippen molar-refractivity contribution in [2.45, 2.75) is 44.2 Å². The minimum absolute atomic E-state index is 0.00333. The highest BCUT2D eigenvalue weighted by Gasteiger charge is 2.36. The predicted molar refractivity (Wildman–Crippen MR) is 78.8 cm³/mol. The number of amides is 1. The van der Waals surface area contributed by atoms with Gasteiger partial charge in [-0.15, -0.1) is 0 Å². The lowest BCUT2D eigenvalue weighted by molar-refractivity contribution is -0.118. The number of nitrogens with one attached hydrogen (secondary N) is 1. The quantitative estimate of drug-likeness (QED) is 0.826. The van der Waals surface area contributed by atoms with Crippen molar-refractivity contribution in [3.8, 4) is 0 Å². The third-order valence-electron chi connectivity index (χ3n) is 4.07. The monoisotopic (exact) mass is 274 g/mol. The summed E-state index contributed by atoms with van der Waals surface area (Å²) in [6.07, 6.45) is 4.94. The smallest absolute Gasteiger partial charge is 0.244 e. The molecule has 1 saturated heterocycles. The van der Waals surface area contributed by atoms with Crippen molar-refractivity contribution in [1.82, 2.24) is 5.32 Å². The maximum Gasteiger partial charge on any atom is 0.244 e. The molecule has 1 unspecified atom stereocenters. The molecular formula is C16H22N2O2. The number of hydrogen-bond acceptors (Lipinski definition) is 3. The highest BCUT2D eigenvalue weighted by molar-refractivity contribution is 5.99. The number of hydrogen-bond donors (Lipinski definition) is 2. The Labute approximate surface area is 119 Å². The molecule has 1 amide bonds. The van der Waals surface area contributed by atoms with Crippen molar-refractivity contribution >= 4 is 11.6 Å². The third kappa shape index (κ3) is 3.02. The molecule has 1 aromatic rings. The molecule has 1 saturated carbocycles. The lowest BCUT2D eigenvalue weighted by atomic mass is 10.1. The average Bonchev–Trinajstić information content (AvgIpc) is 3.21. The van der Waals surface area contributed by atoms with E-state index in [1.807, 2.05) is 17.0 Å². The van der Waals surface area contributed by atoms with Gasteiger partial charge in [0.25, 0.3) is 0 Å². The molecule has 4 nitrogen and oxygen atoms in total. The maximum atomic E-state index is 12.4. The first-order valence-electron chi connectivity index (χ1n) is 7.55. The SMILES string of the molecule is O=C1C(NC2CC2)CCN1c1cccc(CCCO)c1. The molecule has 108 valence electrons. The molecule has 4 heteroatoms. The van der Waals surface area contributed by atoms with Crippen molar-refractivity contribution in [2.24, 2.45) is 0 Å². The fourth-order valence-corrected chi connectivity index (χ4v) is 2.79. The number of benzene rings is 1. The Hall–Kier alpha value is -1.39. The van der Waals surface area contributed by atoms with E-state index in [9.17, 15) is 4.79 Å². The van der Waals surface area contributed by atoms with Gasteiger partial charge in [-0.3, -0.25) is 4.79 Å². The van der Waals surface area contributed by atoms with Crippen molar-refractivity contribution in [2.75, 3.05) is 18.1 Å². The molecule has 0 radical (unpaired) electrons. The van der Waals surface area contributed by atoms with E-state index in [1.54, 1.807) is 0 Å². The zero-order chi connectivity index (χ0) is 13.9. The van der Waals surface area contributed by atoms with Crippen LogP contribution in [0, 0.1) is 0 Å². The molecule has 2 aliphatic rings. The molecule has 20 heavy (non-hydrogen) atoms. The number of nitrogens with zero attached hydrogens (tertiary/aromatic N) is 1. The van der Waals surface area contributed by atoms with Gasteiger partial charge in [0.1, 0.15) is 0 Å². The topological polar surface area (TPSA) is 52.6 Å². The van der Waals surface area contributed by atoms with Crippen LogP contribution in [0.2, 0.25) is 0 Å². The highest BCUT2D eigenvalue weighted by Crippen LogP contribution is 2.26. The molecule has 2 fully saturated rings. The van der Waals surface area contributed by atoms with Gasteiger partial charge >= 0.3 is 0 Å². The van der Waals surface area contributed by atoms with Crippen LogP contribution in [0.25, 0.3) is 0 Å². The van der Waals surface area contributed by atoms with Crippen molar-refractivity contribution in [1.29, 1.82) is 0 Å². The van der Waals surface area contributed by atoms with Gasteiger partial charge in [0, 0.05) is 24.9 Å². The Morgan fingerprint density at radius 3 is 2.90 bits per heavy atom. The highest BCUT2D eigenvalue weighted by atomic mass is 16.2. The van der Waals surface area contributed by atoms with Crippen LogP contribution >= 0.6 is 0 Å². The van der Waals surface area contributed by atoms with E-state index in [4.69, 9.17) is 5.11 Å². The summed E-state index contributed by atoms with van der Waals surface area (Å²) in [7, 11) is 0. The standard InChI is InChI=1S/C16H22N2O2/c19-10-2-4-12-3-1-5-14(11-12)18-9-8-15(16(18)20)17-13-6-7-13/h1,3,5,11,13,15,17,19H,2,4,6-10H2. The molecular weight excluding hydrogens is 252 g/mol. The van der Waals surface area contributed by atoms with Gasteiger partial charge in [0.2, 0.25) is 5.91 Å². The Morgan fingerprint density at radius 1 is 1.30 bits per heavy atom. The largest absolute Gasteiger partial charge is 0.396 e. The van der Waals surface area contributed by atoms with Gasteiger partial charge < -0.3 is 15.3 Å². The summed E-state index contributed by atoms with van der Waals surface area (Å²) < 4.78 is 0. The summed E-state index contributed by atoms with van der Waals surface area (Å²) in [5.41, 5.74) is 2.17. The fraction of sp³-hybridized carbons (Fsp3) is 0.562. The molecule has 3 rings (SSSR count). The molecule has 1 aromatic carbocycles. The van der Waals surface area contributed by atoms with E-state index in [2.05, 4.69) is 17.4 Å². The first-order valence-corrected chi connectivity index (χ1v) is 7.55. The Kier molecular flexibility index (Phi) is 4.03. The number of anilines is 1. The Bertz CT molecular complexity index is 485. The third-order valence-corrected chi connectivity index (χ3v) is 4.07. The molecule has 0 spiro atoms. The maximum absolute atomic E-state index is 12.4. The summed E-state index contributed by atoms with van der Waals surface area (Å²) in [4.78, 5) is 14.3. The van der Waals surface area contributed by atoms with Crippen molar-refractivity contribution in [3.05, 3.63) is 29.8 Å². The minimum Gasteiger partial charge on any atom is -0.396 e. The van der Waals surface area contributed by atoms with Crippen LogP contribution in [0.1, 0.15) is 31.2 Å². The molecule has 1 aliphatic heterocycles. The molecule has 1 heterocycles. The number of carbonyl (C=O) groups excluding carboxylic acids is 1. The molecule has 0 aromatic heterocycles. The number of aliphatic hydroxyl groups is 1. The van der Waals surface area contributed by atoms with Crippen LogP contribution in [0.4, 0.5) is 5.69 Å². The summed E-state index contributed by atoms with van der Waals surface area (Å²) in [5, 5.41) is 12.3.